The molecule has 0 aromatic carbocycles. The Morgan fingerprint density at radius 3 is 2.11 bits per heavy atom. The molecule has 0 saturated heterocycles. The van der Waals surface area contributed by atoms with E-state index in [2.05, 4.69) is 9.24 Å². The van der Waals surface area contributed by atoms with Crippen molar-refractivity contribution in [3.63, 3.8) is 0 Å². The van der Waals surface area contributed by atoms with Crippen LogP contribution in [0.4, 0.5) is 0 Å². The summed E-state index contributed by atoms with van der Waals surface area (Å²) in [6.07, 6.45) is -0.762. The molecule has 0 spiro atoms. The van der Waals surface area contributed by atoms with E-state index in [0.717, 1.165) is 0 Å². The van der Waals surface area contributed by atoms with Gasteiger partial charge in [-0.1, -0.05) is 0 Å². The number of aliphatic hydroxyl groups excluding tert-OH is 2. The van der Waals surface area contributed by atoms with Crippen LogP contribution in [0.3, 0.4) is 0 Å². The van der Waals surface area contributed by atoms with Gasteiger partial charge in [-0.05, 0) is 6.42 Å². The minimum atomic E-state index is -0.648. The van der Waals surface area contributed by atoms with Gasteiger partial charge in [0.25, 0.3) is 0 Å². The van der Waals surface area contributed by atoms with Gasteiger partial charge in [-0.2, -0.15) is 0 Å². The van der Waals surface area contributed by atoms with Gasteiger partial charge in [0.05, 0.1) is 12.2 Å². The lowest BCUT2D eigenvalue weighted by Crippen LogP contribution is -2.31. The zero-order chi connectivity index (χ0) is 7.02. The SMILES string of the molecule is NC1CC(O)[C@@H](O)[C@H]1P. The molecule has 1 aliphatic rings. The third-order valence-corrected chi connectivity index (χ3v) is 2.69. The number of rotatable bonds is 0. The first-order valence-corrected chi connectivity index (χ1v) is 3.67. The minimum absolute atomic E-state index is 0.0417. The molecule has 1 saturated carbocycles. The van der Waals surface area contributed by atoms with Gasteiger partial charge < -0.3 is 15.9 Å². The molecular formula is C5H12NO2P. The molecule has 0 bridgehead atoms. The molecule has 54 valence electrons. The Balaban J connectivity index is 2.54. The zero-order valence-electron chi connectivity index (χ0n) is 5.07. The van der Waals surface area contributed by atoms with Gasteiger partial charge >= 0.3 is 0 Å². The highest BCUT2D eigenvalue weighted by molar-refractivity contribution is 7.17. The number of hydrogen-bond donors (Lipinski definition) is 3. The lowest BCUT2D eigenvalue weighted by molar-refractivity contribution is 0.0461. The summed E-state index contributed by atoms with van der Waals surface area (Å²) < 4.78 is 0. The molecule has 1 fully saturated rings. The van der Waals surface area contributed by atoms with Crippen molar-refractivity contribution in [1.29, 1.82) is 0 Å². The second-order valence-electron chi connectivity index (χ2n) is 2.53. The molecule has 1 rings (SSSR count). The Labute approximate surface area is 56.5 Å². The summed E-state index contributed by atoms with van der Waals surface area (Å²) in [6, 6.07) is -0.0694. The molecule has 4 heteroatoms. The summed E-state index contributed by atoms with van der Waals surface area (Å²) >= 11 is 0. The second-order valence-corrected chi connectivity index (χ2v) is 3.30. The van der Waals surface area contributed by atoms with Crippen LogP contribution < -0.4 is 5.73 Å². The number of aliphatic hydroxyl groups is 2. The summed E-state index contributed by atoms with van der Waals surface area (Å²) in [4.78, 5) is 0. The quantitative estimate of drug-likeness (QED) is 0.374. The molecule has 0 amide bonds. The van der Waals surface area contributed by atoms with Crippen LogP contribution in [-0.2, 0) is 0 Å². The van der Waals surface area contributed by atoms with Crippen molar-refractivity contribution in [2.45, 2.75) is 30.3 Å². The van der Waals surface area contributed by atoms with Gasteiger partial charge in [0, 0.05) is 11.7 Å². The minimum Gasteiger partial charge on any atom is -0.390 e. The summed E-state index contributed by atoms with van der Waals surface area (Å²) in [6.45, 7) is 0. The summed E-state index contributed by atoms with van der Waals surface area (Å²) in [5.74, 6) is 0. The maximum atomic E-state index is 9.09. The van der Waals surface area contributed by atoms with Crippen molar-refractivity contribution in [3.05, 3.63) is 0 Å². The average Bonchev–Trinajstić information content (AvgIpc) is 1.98. The second kappa shape index (κ2) is 2.51. The van der Waals surface area contributed by atoms with Crippen molar-refractivity contribution in [2.24, 2.45) is 5.73 Å². The normalized spacial score (nSPS) is 52.0. The molecule has 9 heavy (non-hydrogen) atoms. The first-order chi connectivity index (χ1) is 4.13. The first kappa shape index (κ1) is 7.42. The van der Waals surface area contributed by atoms with Gasteiger partial charge in [-0.15, -0.1) is 9.24 Å². The monoisotopic (exact) mass is 149 g/mol. The fourth-order valence-corrected chi connectivity index (χ4v) is 1.50. The van der Waals surface area contributed by atoms with E-state index in [9.17, 15) is 0 Å². The van der Waals surface area contributed by atoms with Gasteiger partial charge in [-0.3, -0.25) is 0 Å². The third kappa shape index (κ3) is 1.24. The average molecular weight is 149 g/mol. The van der Waals surface area contributed by atoms with Crippen LogP contribution in [0, 0.1) is 0 Å². The molecule has 0 aromatic heterocycles. The van der Waals surface area contributed by atoms with E-state index in [-0.39, 0.29) is 11.7 Å². The zero-order valence-corrected chi connectivity index (χ0v) is 6.22. The number of nitrogens with two attached hydrogens (primary N) is 1. The summed E-state index contributed by atoms with van der Waals surface area (Å²) in [5.41, 5.74) is 5.48. The van der Waals surface area contributed by atoms with Gasteiger partial charge in [0.1, 0.15) is 0 Å². The van der Waals surface area contributed by atoms with Crippen LogP contribution in [0.1, 0.15) is 6.42 Å². The third-order valence-electron chi connectivity index (χ3n) is 1.80. The van der Waals surface area contributed by atoms with E-state index in [1.807, 2.05) is 0 Å². The van der Waals surface area contributed by atoms with Crippen molar-refractivity contribution in [1.82, 2.24) is 0 Å². The van der Waals surface area contributed by atoms with Crippen molar-refractivity contribution in [2.75, 3.05) is 0 Å². The predicted molar refractivity (Wildman–Crippen MR) is 38.1 cm³/mol. The highest BCUT2D eigenvalue weighted by Crippen LogP contribution is 2.25. The highest BCUT2D eigenvalue weighted by Gasteiger charge is 2.36. The molecule has 0 heterocycles. The van der Waals surface area contributed by atoms with E-state index in [1.54, 1.807) is 0 Å². The van der Waals surface area contributed by atoms with E-state index in [4.69, 9.17) is 15.9 Å². The van der Waals surface area contributed by atoms with E-state index in [0.29, 0.717) is 6.42 Å². The van der Waals surface area contributed by atoms with Crippen molar-refractivity contribution in [3.8, 4) is 0 Å². The largest absolute Gasteiger partial charge is 0.390 e. The fraction of sp³-hybridized carbons (Fsp3) is 1.00. The predicted octanol–water partition coefficient (Wildman–Crippen LogP) is -1.32. The Bertz CT molecular complexity index is 99.1. The lowest BCUT2D eigenvalue weighted by Gasteiger charge is -2.12. The molecule has 5 atom stereocenters. The van der Waals surface area contributed by atoms with E-state index < -0.39 is 12.2 Å². The van der Waals surface area contributed by atoms with Crippen LogP contribution in [-0.4, -0.2) is 34.1 Å². The van der Waals surface area contributed by atoms with Crippen LogP contribution in [0.15, 0.2) is 0 Å². The Kier molecular flexibility index (Phi) is 2.07. The Morgan fingerprint density at radius 2 is 2.00 bits per heavy atom. The van der Waals surface area contributed by atoms with Crippen molar-refractivity contribution >= 4 is 9.24 Å². The highest BCUT2D eigenvalue weighted by atomic mass is 31.0. The van der Waals surface area contributed by atoms with E-state index in [1.165, 1.54) is 0 Å². The molecule has 3 nitrogen and oxygen atoms in total. The fourth-order valence-electron chi connectivity index (χ4n) is 1.09. The number of hydrogen-bond acceptors (Lipinski definition) is 3. The maximum absolute atomic E-state index is 9.09. The smallest absolute Gasteiger partial charge is 0.0876 e. The Hall–Kier alpha value is 0.310. The summed E-state index contributed by atoms with van der Waals surface area (Å²) in [5, 5.41) is 18.1. The lowest BCUT2D eigenvalue weighted by atomic mass is 10.2. The van der Waals surface area contributed by atoms with Crippen LogP contribution in [0.2, 0.25) is 0 Å². The molecular weight excluding hydrogens is 137 g/mol. The maximum Gasteiger partial charge on any atom is 0.0876 e. The molecule has 4 N–H and O–H groups in total. The molecule has 0 aliphatic heterocycles. The van der Waals surface area contributed by atoms with Crippen molar-refractivity contribution < 1.29 is 10.2 Å². The van der Waals surface area contributed by atoms with Gasteiger partial charge in [0.2, 0.25) is 0 Å². The van der Waals surface area contributed by atoms with E-state index >= 15 is 0 Å². The standard InChI is InChI=1S/C5H12NO2P/c6-2-1-3(7)4(8)5(2)9/h2-5,7-8H,1,6,9H2/t2?,3?,4-,5+/m1/s1. The summed E-state index contributed by atoms with van der Waals surface area (Å²) in [7, 11) is 2.44. The topological polar surface area (TPSA) is 66.5 Å². The van der Waals surface area contributed by atoms with Crippen LogP contribution in [0.5, 0.6) is 0 Å². The molecule has 0 radical (unpaired) electrons. The molecule has 0 aromatic rings. The van der Waals surface area contributed by atoms with Gasteiger partial charge in [0.15, 0.2) is 0 Å². The van der Waals surface area contributed by atoms with Crippen LogP contribution >= 0.6 is 9.24 Å². The molecule has 1 aliphatic carbocycles. The first-order valence-electron chi connectivity index (χ1n) is 3.00. The van der Waals surface area contributed by atoms with Gasteiger partial charge in [-0.25, -0.2) is 0 Å². The van der Waals surface area contributed by atoms with Crippen LogP contribution in [0.25, 0.3) is 0 Å². The molecule has 3 unspecified atom stereocenters. The Morgan fingerprint density at radius 1 is 1.44 bits per heavy atom.